The van der Waals surface area contributed by atoms with E-state index in [-0.39, 0.29) is 11.9 Å². The number of benzene rings is 1. The van der Waals surface area contributed by atoms with E-state index in [1.165, 1.54) is 12.1 Å². The fraction of sp³-hybridized carbons (Fsp3) is 0.154. The standard InChI is InChI=1S/C13H11BrClFN2/c1-8(9-3-2-4-11(16)5-9)18-13-12(14)6-10(15)7-17-13/h2-8H,1H3,(H,17,18). The van der Waals surface area contributed by atoms with E-state index in [2.05, 4.69) is 26.2 Å². The number of anilines is 1. The molecule has 1 unspecified atom stereocenters. The van der Waals surface area contributed by atoms with Crippen molar-refractivity contribution in [2.24, 2.45) is 0 Å². The van der Waals surface area contributed by atoms with Gasteiger partial charge in [-0.15, -0.1) is 0 Å². The van der Waals surface area contributed by atoms with Crippen LogP contribution in [0.4, 0.5) is 10.2 Å². The molecule has 0 bridgehead atoms. The van der Waals surface area contributed by atoms with Crippen LogP contribution in [0.5, 0.6) is 0 Å². The quantitative estimate of drug-likeness (QED) is 0.874. The molecule has 2 nitrogen and oxygen atoms in total. The largest absolute Gasteiger partial charge is 0.363 e. The van der Waals surface area contributed by atoms with E-state index < -0.39 is 0 Å². The van der Waals surface area contributed by atoms with E-state index in [4.69, 9.17) is 11.6 Å². The highest BCUT2D eigenvalue weighted by molar-refractivity contribution is 9.10. The Balaban J connectivity index is 2.18. The molecule has 1 atom stereocenters. The molecule has 1 aromatic heterocycles. The minimum Gasteiger partial charge on any atom is -0.363 e. The molecular weight excluding hydrogens is 319 g/mol. The zero-order valence-electron chi connectivity index (χ0n) is 9.62. The number of rotatable bonds is 3. The van der Waals surface area contributed by atoms with Crippen LogP contribution in [0.25, 0.3) is 0 Å². The Morgan fingerprint density at radius 1 is 1.39 bits per heavy atom. The molecule has 2 rings (SSSR count). The smallest absolute Gasteiger partial charge is 0.140 e. The monoisotopic (exact) mass is 328 g/mol. The summed E-state index contributed by atoms with van der Waals surface area (Å²) in [4.78, 5) is 4.18. The van der Waals surface area contributed by atoms with Crippen molar-refractivity contribution in [3.8, 4) is 0 Å². The molecular formula is C13H11BrClFN2. The van der Waals surface area contributed by atoms with E-state index >= 15 is 0 Å². The van der Waals surface area contributed by atoms with Gasteiger partial charge in [0.2, 0.25) is 0 Å². The first-order chi connectivity index (χ1) is 8.56. The Hall–Kier alpha value is -1.13. The number of hydrogen-bond acceptors (Lipinski definition) is 2. The van der Waals surface area contributed by atoms with Crippen LogP contribution in [0.2, 0.25) is 5.02 Å². The Bertz CT molecular complexity index is 562. The van der Waals surface area contributed by atoms with Crippen molar-refractivity contribution in [2.75, 3.05) is 5.32 Å². The molecule has 0 amide bonds. The van der Waals surface area contributed by atoms with Gasteiger partial charge in [-0.2, -0.15) is 0 Å². The molecule has 2 aromatic rings. The summed E-state index contributed by atoms with van der Waals surface area (Å²) in [7, 11) is 0. The van der Waals surface area contributed by atoms with Gasteiger partial charge in [0.05, 0.1) is 15.5 Å². The molecule has 5 heteroatoms. The van der Waals surface area contributed by atoms with Gasteiger partial charge in [-0.25, -0.2) is 9.37 Å². The average molecular weight is 330 g/mol. The van der Waals surface area contributed by atoms with Gasteiger partial charge in [0.15, 0.2) is 0 Å². The zero-order chi connectivity index (χ0) is 13.1. The molecule has 18 heavy (non-hydrogen) atoms. The van der Waals surface area contributed by atoms with Crippen LogP contribution in [-0.2, 0) is 0 Å². The van der Waals surface area contributed by atoms with Crippen LogP contribution in [0, 0.1) is 5.82 Å². The van der Waals surface area contributed by atoms with Crippen molar-refractivity contribution >= 4 is 33.3 Å². The third-order valence-corrected chi connectivity index (χ3v) is 3.32. The third kappa shape index (κ3) is 3.21. The Kier molecular flexibility index (Phi) is 4.19. The molecule has 94 valence electrons. The number of aromatic nitrogens is 1. The lowest BCUT2D eigenvalue weighted by molar-refractivity contribution is 0.623. The summed E-state index contributed by atoms with van der Waals surface area (Å²) < 4.78 is 13.9. The lowest BCUT2D eigenvalue weighted by atomic mass is 10.1. The van der Waals surface area contributed by atoms with Crippen molar-refractivity contribution in [3.05, 3.63) is 57.4 Å². The van der Waals surface area contributed by atoms with Crippen LogP contribution >= 0.6 is 27.5 Å². The molecule has 0 aliphatic rings. The minimum atomic E-state index is -0.246. The SMILES string of the molecule is CC(Nc1ncc(Cl)cc1Br)c1cccc(F)c1. The van der Waals surface area contributed by atoms with Crippen LogP contribution in [-0.4, -0.2) is 4.98 Å². The number of halogens is 3. The first-order valence-electron chi connectivity index (χ1n) is 5.39. The Labute approximate surface area is 118 Å². The summed E-state index contributed by atoms with van der Waals surface area (Å²) in [5.74, 6) is 0.431. The molecule has 0 aliphatic carbocycles. The normalized spacial score (nSPS) is 12.2. The molecule has 0 saturated heterocycles. The minimum absolute atomic E-state index is 0.0503. The molecule has 0 fully saturated rings. The van der Waals surface area contributed by atoms with Gasteiger partial charge in [-0.1, -0.05) is 23.7 Å². The van der Waals surface area contributed by atoms with Crippen LogP contribution in [0.3, 0.4) is 0 Å². The predicted molar refractivity (Wildman–Crippen MR) is 75.4 cm³/mol. The number of hydrogen-bond donors (Lipinski definition) is 1. The fourth-order valence-electron chi connectivity index (χ4n) is 1.59. The molecule has 0 saturated carbocycles. The van der Waals surface area contributed by atoms with E-state index in [0.717, 1.165) is 10.0 Å². The van der Waals surface area contributed by atoms with Crippen LogP contribution < -0.4 is 5.32 Å². The maximum atomic E-state index is 13.1. The second-order valence-corrected chi connectivity index (χ2v) is 5.20. The summed E-state index contributed by atoms with van der Waals surface area (Å²) in [5, 5.41) is 3.76. The topological polar surface area (TPSA) is 24.9 Å². The second kappa shape index (κ2) is 5.67. The predicted octanol–water partition coefficient (Wildman–Crippen LogP) is 4.81. The van der Waals surface area contributed by atoms with Gasteiger partial charge >= 0.3 is 0 Å². The van der Waals surface area contributed by atoms with Crippen molar-refractivity contribution in [1.82, 2.24) is 4.98 Å². The maximum Gasteiger partial charge on any atom is 0.140 e. The third-order valence-electron chi connectivity index (χ3n) is 2.51. The van der Waals surface area contributed by atoms with Gasteiger partial charge in [0.25, 0.3) is 0 Å². The average Bonchev–Trinajstić information content (AvgIpc) is 2.32. The van der Waals surface area contributed by atoms with Gasteiger partial charge in [-0.05, 0) is 46.6 Å². The molecule has 1 heterocycles. The number of nitrogens with zero attached hydrogens (tertiary/aromatic N) is 1. The molecule has 1 N–H and O–H groups in total. The summed E-state index contributed by atoms with van der Waals surface area (Å²) in [6, 6.07) is 8.19. The van der Waals surface area contributed by atoms with Crippen LogP contribution in [0.1, 0.15) is 18.5 Å². The maximum absolute atomic E-state index is 13.1. The Morgan fingerprint density at radius 2 is 2.17 bits per heavy atom. The first kappa shape index (κ1) is 13.3. The highest BCUT2D eigenvalue weighted by Gasteiger charge is 2.09. The number of pyridine rings is 1. The molecule has 0 aliphatic heterocycles. The summed E-state index contributed by atoms with van der Waals surface area (Å²) in [5.41, 5.74) is 0.860. The van der Waals surface area contributed by atoms with E-state index in [1.54, 1.807) is 18.3 Å². The van der Waals surface area contributed by atoms with Crippen molar-refractivity contribution < 1.29 is 4.39 Å². The highest BCUT2D eigenvalue weighted by atomic mass is 79.9. The van der Waals surface area contributed by atoms with E-state index in [9.17, 15) is 4.39 Å². The summed E-state index contributed by atoms with van der Waals surface area (Å²) in [6.45, 7) is 1.94. The van der Waals surface area contributed by atoms with Crippen molar-refractivity contribution in [2.45, 2.75) is 13.0 Å². The first-order valence-corrected chi connectivity index (χ1v) is 6.56. The second-order valence-electron chi connectivity index (χ2n) is 3.90. The zero-order valence-corrected chi connectivity index (χ0v) is 12.0. The van der Waals surface area contributed by atoms with Gasteiger partial charge in [0.1, 0.15) is 11.6 Å². The van der Waals surface area contributed by atoms with Gasteiger partial charge in [-0.3, -0.25) is 0 Å². The lowest BCUT2D eigenvalue weighted by Crippen LogP contribution is -2.08. The molecule has 0 spiro atoms. The van der Waals surface area contributed by atoms with Gasteiger partial charge < -0.3 is 5.32 Å². The highest BCUT2D eigenvalue weighted by Crippen LogP contribution is 2.26. The summed E-state index contributed by atoms with van der Waals surface area (Å²) >= 11 is 9.20. The number of nitrogens with one attached hydrogen (secondary N) is 1. The van der Waals surface area contributed by atoms with E-state index in [0.29, 0.717) is 10.8 Å². The fourth-order valence-corrected chi connectivity index (χ4v) is 2.34. The molecule has 0 radical (unpaired) electrons. The van der Waals surface area contributed by atoms with Gasteiger partial charge in [0, 0.05) is 6.20 Å². The summed E-state index contributed by atoms with van der Waals surface area (Å²) in [6.07, 6.45) is 1.56. The van der Waals surface area contributed by atoms with Crippen molar-refractivity contribution in [3.63, 3.8) is 0 Å². The lowest BCUT2D eigenvalue weighted by Gasteiger charge is -2.16. The van der Waals surface area contributed by atoms with E-state index in [1.807, 2.05) is 13.0 Å². The molecule has 1 aromatic carbocycles. The van der Waals surface area contributed by atoms with Crippen LogP contribution in [0.15, 0.2) is 41.0 Å². The Morgan fingerprint density at radius 3 is 2.83 bits per heavy atom. The van der Waals surface area contributed by atoms with Crippen molar-refractivity contribution in [1.29, 1.82) is 0 Å².